The van der Waals surface area contributed by atoms with Crippen LogP contribution >= 0.6 is 0 Å². The van der Waals surface area contributed by atoms with Crippen molar-refractivity contribution in [1.29, 1.82) is 0 Å². The van der Waals surface area contributed by atoms with Gasteiger partial charge in [-0.25, -0.2) is 0 Å². The number of benzene rings is 2. The fraction of sp³-hybridized carbons (Fsp3) is 0.400. The predicted molar refractivity (Wildman–Crippen MR) is 89.3 cm³/mol. The van der Waals surface area contributed by atoms with Gasteiger partial charge in [-0.3, -0.25) is 0 Å². The number of rotatable bonds is 2. The highest BCUT2D eigenvalue weighted by Crippen LogP contribution is 2.53. The van der Waals surface area contributed by atoms with Crippen molar-refractivity contribution in [2.75, 3.05) is 5.32 Å². The SMILES string of the molecule is CCC1c2ccc(C(C)C)cc2[C@@H]2c3ccccc3N[C@H]12. The smallest absolute Gasteiger partial charge is 0.0440 e. The Balaban J connectivity index is 1.89. The first-order chi connectivity index (χ1) is 10.2. The number of nitrogens with one attached hydrogen (secondary N) is 1. The van der Waals surface area contributed by atoms with Crippen molar-refractivity contribution < 1.29 is 0 Å². The van der Waals surface area contributed by atoms with Crippen LogP contribution in [0, 0.1) is 0 Å². The molecular formula is C20H23N. The lowest BCUT2D eigenvalue weighted by Crippen LogP contribution is -2.22. The van der Waals surface area contributed by atoms with Crippen LogP contribution in [0.2, 0.25) is 0 Å². The summed E-state index contributed by atoms with van der Waals surface area (Å²) in [4.78, 5) is 0. The molecular weight excluding hydrogens is 254 g/mol. The van der Waals surface area contributed by atoms with Crippen molar-refractivity contribution in [3.63, 3.8) is 0 Å². The van der Waals surface area contributed by atoms with Crippen molar-refractivity contribution in [3.05, 3.63) is 64.7 Å². The lowest BCUT2D eigenvalue weighted by Gasteiger charge is -2.19. The molecule has 2 aromatic rings. The zero-order valence-corrected chi connectivity index (χ0v) is 13.1. The Morgan fingerprint density at radius 1 is 1.00 bits per heavy atom. The molecule has 2 aliphatic rings. The van der Waals surface area contributed by atoms with Crippen molar-refractivity contribution in [3.8, 4) is 0 Å². The number of para-hydroxylation sites is 1. The van der Waals surface area contributed by atoms with E-state index in [1.807, 2.05) is 0 Å². The molecule has 1 heteroatoms. The predicted octanol–water partition coefficient (Wildman–Crippen LogP) is 5.24. The molecule has 0 radical (unpaired) electrons. The molecule has 1 aliphatic carbocycles. The van der Waals surface area contributed by atoms with Gasteiger partial charge in [-0.05, 0) is 40.7 Å². The molecule has 0 fully saturated rings. The summed E-state index contributed by atoms with van der Waals surface area (Å²) in [6.07, 6.45) is 1.20. The highest BCUT2D eigenvalue weighted by atomic mass is 15.0. The normalized spacial score (nSPS) is 25.4. The van der Waals surface area contributed by atoms with Crippen LogP contribution < -0.4 is 5.32 Å². The van der Waals surface area contributed by atoms with Crippen molar-refractivity contribution >= 4 is 5.69 Å². The van der Waals surface area contributed by atoms with Crippen molar-refractivity contribution in [2.24, 2.45) is 0 Å². The quantitative estimate of drug-likeness (QED) is 0.791. The lowest BCUT2D eigenvalue weighted by molar-refractivity contribution is 0.572. The third-order valence-corrected chi connectivity index (χ3v) is 5.36. The summed E-state index contributed by atoms with van der Waals surface area (Å²) < 4.78 is 0. The fourth-order valence-corrected chi connectivity index (χ4v) is 4.28. The average molecular weight is 277 g/mol. The molecule has 0 bridgehead atoms. The van der Waals surface area contributed by atoms with Crippen LogP contribution in [0.3, 0.4) is 0 Å². The Morgan fingerprint density at radius 3 is 2.57 bits per heavy atom. The molecule has 0 saturated carbocycles. The van der Waals surface area contributed by atoms with Crippen LogP contribution in [0.15, 0.2) is 42.5 Å². The van der Waals surface area contributed by atoms with Gasteiger partial charge in [0.05, 0.1) is 0 Å². The van der Waals surface area contributed by atoms with Crippen LogP contribution in [0.25, 0.3) is 0 Å². The maximum absolute atomic E-state index is 3.79. The molecule has 0 spiro atoms. The van der Waals surface area contributed by atoms with Crippen LogP contribution in [0.1, 0.15) is 67.2 Å². The molecule has 3 atom stereocenters. The number of fused-ring (bicyclic) bond motifs is 5. The van der Waals surface area contributed by atoms with E-state index in [4.69, 9.17) is 0 Å². The first-order valence-electron chi connectivity index (χ1n) is 8.20. The molecule has 0 saturated heterocycles. The molecule has 108 valence electrons. The van der Waals surface area contributed by atoms with Gasteiger partial charge in [0, 0.05) is 23.6 Å². The van der Waals surface area contributed by atoms with E-state index in [9.17, 15) is 0 Å². The van der Waals surface area contributed by atoms with E-state index in [0.29, 0.717) is 23.8 Å². The average Bonchev–Trinajstić information content (AvgIpc) is 3.00. The van der Waals surface area contributed by atoms with E-state index in [-0.39, 0.29) is 0 Å². The molecule has 1 unspecified atom stereocenters. The second-order valence-electron chi connectivity index (χ2n) is 6.79. The Bertz CT molecular complexity index is 686. The number of anilines is 1. The monoisotopic (exact) mass is 277 g/mol. The molecule has 0 amide bonds. The minimum absolute atomic E-state index is 0.542. The summed E-state index contributed by atoms with van der Waals surface area (Å²) in [5.74, 6) is 1.78. The van der Waals surface area contributed by atoms with Gasteiger partial charge in [0.2, 0.25) is 0 Å². The lowest BCUT2D eigenvalue weighted by atomic mass is 9.90. The van der Waals surface area contributed by atoms with Crippen LogP contribution in [-0.2, 0) is 0 Å². The molecule has 2 aromatic carbocycles. The molecule has 21 heavy (non-hydrogen) atoms. The Hall–Kier alpha value is -1.76. The Morgan fingerprint density at radius 2 is 1.81 bits per heavy atom. The summed E-state index contributed by atoms with van der Waals surface area (Å²) in [5, 5.41) is 3.79. The van der Waals surface area contributed by atoms with Gasteiger partial charge in [0.25, 0.3) is 0 Å². The van der Waals surface area contributed by atoms with Crippen molar-refractivity contribution in [2.45, 2.75) is 51.0 Å². The van der Waals surface area contributed by atoms with E-state index in [0.717, 1.165) is 0 Å². The first-order valence-corrected chi connectivity index (χ1v) is 8.20. The number of hydrogen-bond acceptors (Lipinski definition) is 1. The van der Waals surface area contributed by atoms with Crippen LogP contribution in [0.5, 0.6) is 0 Å². The van der Waals surface area contributed by atoms with Gasteiger partial charge in [-0.15, -0.1) is 0 Å². The van der Waals surface area contributed by atoms with Gasteiger partial charge in [-0.1, -0.05) is 57.2 Å². The highest BCUT2D eigenvalue weighted by Gasteiger charge is 2.45. The largest absolute Gasteiger partial charge is 0.380 e. The third-order valence-electron chi connectivity index (χ3n) is 5.36. The second-order valence-corrected chi connectivity index (χ2v) is 6.79. The topological polar surface area (TPSA) is 12.0 Å². The third kappa shape index (κ3) is 1.76. The van der Waals surface area contributed by atoms with E-state index < -0.39 is 0 Å². The van der Waals surface area contributed by atoms with E-state index in [1.54, 1.807) is 11.1 Å². The highest BCUT2D eigenvalue weighted by molar-refractivity contribution is 5.67. The summed E-state index contributed by atoms with van der Waals surface area (Å²) in [7, 11) is 0. The molecule has 0 aromatic heterocycles. The molecule has 4 rings (SSSR count). The minimum atomic E-state index is 0.542. The number of hydrogen-bond donors (Lipinski definition) is 1. The maximum atomic E-state index is 3.79. The standard InChI is InChI=1S/C20H23N/c1-4-14-15-10-9-13(12(2)3)11-17(15)19-16-7-5-6-8-18(16)21-20(14)19/h5-12,14,19-21H,4H2,1-3H3/t14?,19-,20+/m0/s1. The van der Waals surface area contributed by atoms with Gasteiger partial charge >= 0.3 is 0 Å². The second kappa shape index (κ2) is 4.62. The summed E-state index contributed by atoms with van der Waals surface area (Å²) in [5.41, 5.74) is 7.43. The van der Waals surface area contributed by atoms with E-state index in [2.05, 4.69) is 68.6 Å². The van der Waals surface area contributed by atoms with Crippen molar-refractivity contribution in [1.82, 2.24) is 0 Å². The van der Waals surface area contributed by atoms with Gasteiger partial charge < -0.3 is 5.32 Å². The molecule has 1 N–H and O–H groups in total. The Labute approximate surface area is 127 Å². The summed E-state index contributed by atoms with van der Waals surface area (Å²) in [6.45, 7) is 6.89. The minimum Gasteiger partial charge on any atom is -0.380 e. The molecule has 1 nitrogen and oxygen atoms in total. The van der Waals surface area contributed by atoms with Crippen LogP contribution in [0.4, 0.5) is 5.69 Å². The van der Waals surface area contributed by atoms with Crippen LogP contribution in [-0.4, -0.2) is 6.04 Å². The molecule has 1 heterocycles. The Kier molecular flexibility index (Phi) is 2.85. The van der Waals surface area contributed by atoms with Gasteiger partial charge in [-0.2, -0.15) is 0 Å². The summed E-state index contributed by atoms with van der Waals surface area (Å²) in [6, 6.07) is 16.6. The summed E-state index contributed by atoms with van der Waals surface area (Å²) >= 11 is 0. The first kappa shape index (κ1) is 12.9. The van der Waals surface area contributed by atoms with Gasteiger partial charge in [0.1, 0.15) is 0 Å². The van der Waals surface area contributed by atoms with E-state index in [1.165, 1.54) is 23.2 Å². The maximum Gasteiger partial charge on any atom is 0.0440 e. The van der Waals surface area contributed by atoms with Gasteiger partial charge in [0.15, 0.2) is 0 Å². The fourth-order valence-electron chi connectivity index (χ4n) is 4.28. The van der Waals surface area contributed by atoms with E-state index >= 15 is 0 Å². The zero-order valence-electron chi connectivity index (χ0n) is 13.1. The zero-order chi connectivity index (χ0) is 14.6. The molecule has 1 aliphatic heterocycles.